The molecule has 1 aromatic carbocycles. The van der Waals surface area contributed by atoms with Gasteiger partial charge in [-0.05, 0) is 60.5 Å². The van der Waals surface area contributed by atoms with Crippen molar-refractivity contribution in [2.45, 2.75) is 32.5 Å². The van der Waals surface area contributed by atoms with Gasteiger partial charge >= 0.3 is 6.09 Å². The predicted octanol–water partition coefficient (Wildman–Crippen LogP) is 4.60. The molecule has 0 spiro atoms. The number of carbonyl (C=O) groups is 1. The van der Waals surface area contributed by atoms with Crippen molar-refractivity contribution < 1.29 is 23.4 Å². The highest BCUT2D eigenvalue weighted by Crippen LogP contribution is 2.26. The molecule has 1 amide bonds. The number of amides is 1. The molecule has 0 saturated heterocycles. The molecular weight excluding hydrogens is 410 g/mol. The highest BCUT2D eigenvalue weighted by atomic mass is 79.9. The van der Waals surface area contributed by atoms with Crippen LogP contribution in [0.4, 0.5) is 19.3 Å². The van der Waals surface area contributed by atoms with Crippen LogP contribution in [0.5, 0.6) is 0 Å². The molecule has 8 heteroatoms. The molecule has 0 unspecified atom stereocenters. The van der Waals surface area contributed by atoms with Crippen LogP contribution in [0.3, 0.4) is 0 Å². The van der Waals surface area contributed by atoms with Gasteiger partial charge in [-0.15, -0.1) is 0 Å². The summed E-state index contributed by atoms with van der Waals surface area (Å²) in [5, 5.41) is 10.4. The summed E-state index contributed by atoms with van der Waals surface area (Å²) in [6.07, 6.45) is -0.762. The van der Waals surface area contributed by atoms with E-state index in [1.807, 2.05) is 0 Å². The number of ether oxygens (including phenoxy) is 1. The number of benzene rings is 1. The van der Waals surface area contributed by atoms with Gasteiger partial charge in [0.1, 0.15) is 17.1 Å². The molecule has 0 aliphatic carbocycles. The fraction of sp³-hybridized carbons (Fsp3) is 0.333. The molecule has 140 valence electrons. The molecule has 1 aromatic heterocycles. The maximum absolute atomic E-state index is 14.2. The summed E-state index contributed by atoms with van der Waals surface area (Å²) in [4.78, 5) is 17.1. The average Bonchev–Trinajstić information content (AvgIpc) is 2.54. The smallest absolute Gasteiger partial charge is 0.415 e. The largest absolute Gasteiger partial charge is 0.443 e. The van der Waals surface area contributed by atoms with Crippen LogP contribution in [0.25, 0.3) is 0 Å². The van der Waals surface area contributed by atoms with Gasteiger partial charge in [-0.25, -0.2) is 14.2 Å². The first-order valence-electron chi connectivity index (χ1n) is 7.82. The minimum Gasteiger partial charge on any atom is -0.443 e. The molecule has 0 aliphatic heterocycles. The second kappa shape index (κ2) is 8.09. The van der Waals surface area contributed by atoms with Gasteiger partial charge in [0.05, 0.1) is 12.6 Å². The number of anilines is 1. The van der Waals surface area contributed by atoms with E-state index in [2.05, 4.69) is 20.9 Å². The van der Waals surface area contributed by atoms with E-state index in [0.717, 1.165) is 4.90 Å². The van der Waals surface area contributed by atoms with E-state index in [0.29, 0.717) is 10.0 Å². The Labute approximate surface area is 158 Å². The lowest BCUT2D eigenvalue weighted by Gasteiger charge is -2.29. The molecule has 5 nitrogen and oxygen atoms in total. The number of hydrogen-bond acceptors (Lipinski definition) is 4. The van der Waals surface area contributed by atoms with Crippen LogP contribution >= 0.6 is 15.9 Å². The molecule has 0 fully saturated rings. The molecule has 2 rings (SSSR count). The fourth-order valence-electron chi connectivity index (χ4n) is 2.15. The molecule has 26 heavy (non-hydrogen) atoms. The maximum Gasteiger partial charge on any atom is 0.415 e. The minimum absolute atomic E-state index is 0.144. The highest BCUT2D eigenvalue weighted by Gasteiger charge is 2.28. The van der Waals surface area contributed by atoms with E-state index in [1.54, 1.807) is 20.8 Å². The number of hydrogen-bond donors (Lipinski definition) is 1. The Morgan fingerprint density at radius 1 is 1.31 bits per heavy atom. The van der Waals surface area contributed by atoms with Crippen LogP contribution in [-0.4, -0.2) is 28.3 Å². The zero-order valence-corrected chi connectivity index (χ0v) is 16.1. The van der Waals surface area contributed by atoms with Gasteiger partial charge in [0, 0.05) is 10.7 Å². The van der Waals surface area contributed by atoms with Gasteiger partial charge in [0.15, 0.2) is 0 Å². The summed E-state index contributed by atoms with van der Waals surface area (Å²) in [7, 11) is 0. The number of halogens is 3. The Morgan fingerprint density at radius 2 is 1.92 bits per heavy atom. The molecule has 0 saturated carbocycles. The number of aromatic nitrogens is 1. The number of aliphatic hydroxyl groups is 1. The van der Waals surface area contributed by atoms with Crippen LogP contribution in [0.2, 0.25) is 0 Å². The third-order valence-electron chi connectivity index (χ3n) is 3.30. The lowest BCUT2D eigenvalue weighted by Crippen LogP contribution is -2.40. The van der Waals surface area contributed by atoms with Crippen LogP contribution in [-0.2, 0) is 4.74 Å². The number of aliphatic hydroxyl groups excluding tert-OH is 1. The zero-order chi connectivity index (χ0) is 19.5. The van der Waals surface area contributed by atoms with Gasteiger partial charge < -0.3 is 9.84 Å². The summed E-state index contributed by atoms with van der Waals surface area (Å²) < 4.78 is 33.0. The van der Waals surface area contributed by atoms with Crippen molar-refractivity contribution in [1.82, 2.24) is 4.98 Å². The Kier molecular flexibility index (Phi) is 6.30. The Bertz CT molecular complexity index is 779. The van der Waals surface area contributed by atoms with Crippen LogP contribution in [0.15, 0.2) is 41.0 Å². The van der Waals surface area contributed by atoms with Crippen LogP contribution in [0.1, 0.15) is 32.4 Å². The topological polar surface area (TPSA) is 62.7 Å². The molecule has 1 heterocycles. The highest BCUT2D eigenvalue weighted by molar-refractivity contribution is 9.10. The lowest BCUT2D eigenvalue weighted by molar-refractivity contribution is 0.0554. The van der Waals surface area contributed by atoms with E-state index < -0.39 is 29.6 Å². The van der Waals surface area contributed by atoms with Gasteiger partial charge in [-0.2, -0.15) is 4.39 Å². The van der Waals surface area contributed by atoms with Crippen molar-refractivity contribution >= 4 is 27.7 Å². The van der Waals surface area contributed by atoms with Crippen LogP contribution in [0, 0.1) is 11.8 Å². The number of carbonyl (C=O) groups excluding carboxylic acids is 1. The summed E-state index contributed by atoms with van der Waals surface area (Å²) in [5.41, 5.74) is -0.579. The Morgan fingerprint density at radius 3 is 2.50 bits per heavy atom. The molecule has 0 radical (unpaired) electrons. The monoisotopic (exact) mass is 428 g/mol. The second-order valence-electron chi connectivity index (χ2n) is 6.62. The molecule has 1 N–H and O–H groups in total. The van der Waals surface area contributed by atoms with E-state index in [4.69, 9.17) is 4.74 Å². The van der Waals surface area contributed by atoms with E-state index in [9.17, 15) is 18.7 Å². The molecule has 2 aromatic rings. The third kappa shape index (κ3) is 5.47. The van der Waals surface area contributed by atoms with Crippen molar-refractivity contribution in [2.24, 2.45) is 0 Å². The number of pyridine rings is 1. The summed E-state index contributed by atoms with van der Waals surface area (Å²) in [6.45, 7) is 4.73. The van der Waals surface area contributed by atoms with E-state index in [1.165, 1.54) is 36.5 Å². The first kappa shape index (κ1) is 20.3. The molecular formula is C18H19BrF2N2O3. The minimum atomic E-state index is -1.18. The molecule has 0 bridgehead atoms. The summed E-state index contributed by atoms with van der Waals surface area (Å²) >= 11 is 3.18. The average molecular weight is 429 g/mol. The van der Waals surface area contributed by atoms with Crippen molar-refractivity contribution in [2.75, 3.05) is 11.4 Å². The molecule has 0 aliphatic rings. The second-order valence-corrected chi connectivity index (χ2v) is 7.54. The first-order valence-corrected chi connectivity index (χ1v) is 8.61. The standard InChI is InChI=1S/C18H19BrF2N2O3/c1-18(2,3)26-17(25)23(14-8-12(19)9-22-16(14)21)10-15(24)11-4-6-13(20)7-5-11/h4-9,15,24H,10H2,1-3H3/t15-/m0/s1. The van der Waals surface area contributed by atoms with Crippen molar-refractivity contribution in [3.8, 4) is 0 Å². The summed E-state index contributed by atoms with van der Waals surface area (Å²) in [5.74, 6) is -1.34. The van der Waals surface area contributed by atoms with Gasteiger partial charge in [0.25, 0.3) is 0 Å². The fourth-order valence-corrected chi connectivity index (χ4v) is 2.47. The van der Waals surface area contributed by atoms with E-state index >= 15 is 0 Å². The van der Waals surface area contributed by atoms with Gasteiger partial charge in [0.2, 0.25) is 5.95 Å². The normalized spacial score (nSPS) is 12.6. The Balaban J connectivity index is 2.35. The summed E-state index contributed by atoms with van der Waals surface area (Å²) in [6, 6.07) is 6.53. The number of nitrogens with zero attached hydrogens (tertiary/aromatic N) is 2. The SMILES string of the molecule is CC(C)(C)OC(=O)N(C[C@H](O)c1ccc(F)cc1)c1cc(Br)cnc1F. The quantitative estimate of drug-likeness (QED) is 0.722. The van der Waals surface area contributed by atoms with Gasteiger partial charge in [-0.3, -0.25) is 4.90 Å². The van der Waals surface area contributed by atoms with Gasteiger partial charge in [-0.1, -0.05) is 12.1 Å². The van der Waals surface area contributed by atoms with Crippen molar-refractivity contribution in [3.05, 3.63) is 58.3 Å². The van der Waals surface area contributed by atoms with Crippen molar-refractivity contribution in [3.63, 3.8) is 0 Å². The molecule has 1 atom stereocenters. The Hall–Kier alpha value is -2.06. The predicted molar refractivity (Wildman–Crippen MR) is 96.8 cm³/mol. The van der Waals surface area contributed by atoms with Crippen LogP contribution < -0.4 is 4.90 Å². The van der Waals surface area contributed by atoms with E-state index in [-0.39, 0.29) is 12.2 Å². The third-order valence-corrected chi connectivity index (χ3v) is 3.74. The number of rotatable bonds is 4. The lowest BCUT2D eigenvalue weighted by atomic mass is 10.1. The van der Waals surface area contributed by atoms with Crippen molar-refractivity contribution in [1.29, 1.82) is 0 Å². The maximum atomic E-state index is 14.2. The first-order chi connectivity index (χ1) is 12.1. The zero-order valence-electron chi connectivity index (χ0n) is 14.5.